The molecule has 1 spiro atoms. The van der Waals surface area contributed by atoms with Gasteiger partial charge in [0.2, 0.25) is 0 Å². The van der Waals surface area contributed by atoms with Crippen molar-refractivity contribution in [3.63, 3.8) is 0 Å². The third kappa shape index (κ3) is 5.96. The van der Waals surface area contributed by atoms with Crippen molar-refractivity contribution in [2.45, 2.75) is 98.3 Å². The van der Waals surface area contributed by atoms with Crippen molar-refractivity contribution >= 4 is 0 Å². The molecular weight excluding hydrogens is 304 g/mol. The van der Waals surface area contributed by atoms with Crippen molar-refractivity contribution in [3.05, 3.63) is 0 Å². The van der Waals surface area contributed by atoms with Gasteiger partial charge in [0.15, 0.2) is 0 Å². The summed E-state index contributed by atoms with van der Waals surface area (Å²) < 4.78 is 0. The molecule has 148 valence electrons. The van der Waals surface area contributed by atoms with Gasteiger partial charge in [0, 0.05) is 6.54 Å². The normalized spacial score (nSPS) is 22.9. The molecule has 0 radical (unpaired) electrons. The van der Waals surface area contributed by atoms with Crippen LogP contribution in [0.3, 0.4) is 0 Å². The Labute approximate surface area is 158 Å². The van der Waals surface area contributed by atoms with Crippen molar-refractivity contribution in [1.82, 2.24) is 9.80 Å². The first-order chi connectivity index (χ1) is 12.1. The fourth-order valence-electron chi connectivity index (χ4n) is 5.89. The lowest BCUT2D eigenvalue weighted by atomic mass is 9.60. The predicted molar refractivity (Wildman–Crippen MR) is 111 cm³/mol. The largest absolute Gasteiger partial charge is 0.304 e. The summed E-state index contributed by atoms with van der Waals surface area (Å²) in [7, 11) is 0. The van der Waals surface area contributed by atoms with Gasteiger partial charge < -0.3 is 9.80 Å². The maximum Gasteiger partial charge on any atom is 0.00385 e. The molecule has 0 unspecified atom stereocenters. The van der Waals surface area contributed by atoms with E-state index in [4.69, 9.17) is 0 Å². The quantitative estimate of drug-likeness (QED) is 0.453. The van der Waals surface area contributed by atoms with Gasteiger partial charge >= 0.3 is 0 Å². The lowest BCUT2D eigenvalue weighted by Crippen LogP contribution is -2.37. The van der Waals surface area contributed by atoms with Gasteiger partial charge in [-0.1, -0.05) is 40.5 Å². The van der Waals surface area contributed by atoms with E-state index in [1.807, 2.05) is 0 Å². The Kier molecular flexibility index (Phi) is 8.75. The summed E-state index contributed by atoms with van der Waals surface area (Å²) in [5.74, 6) is 0. The molecule has 25 heavy (non-hydrogen) atoms. The monoisotopic (exact) mass is 350 g/mol. The van der Waals surface area contributed by atoms with Gasteiger partial charge in [0.1, 0.15) is 0 Å². The van der Waals surface area contributed by atoms with Gasteiger partial charge in [-0.3, -0.25) is 0 Å². The summed E-state index contributed by atoms with van der Waals surface area (Å²) in [5.41, 5.74) is 1.41. The van der Waals surface area contributed by atoms with Gasteiger partial charge in [0.25, 0.3) is 0 Å². The summed E-state index contributed by atoms with van der Waals surface area (Å²) in [4.78, 5) is 5.42. The van der Waals surface area contributed by atoms with Gasteiger partial charge in [-0.05, 0) is 101 Å². The molecular formula is C23H46N2. The third-order valence-electron chi connectivity index (χ3n) is 7.39. The second-order valence-electron chi connectivity index (χ2n) is 9.31. The average molecular weight is 351 g/mol. The van der Waals surface area contributed by atoms with Crippen LogP contribution in [0.2, 0.25) is 0 Å². The molecule has 0 aromatic heterocycles. The molecule has 1 saturated heterocycles. The Balaban J connectivity index is 1.75. The fourth-order valence-corrected chi connectivity index (χ4v) is 5.89. The minimum absolute atomic E-state index is 0.693. The maximum absolute atomic E-state index is 2.80. The topological polar surface area (TPSA) is 6.48 Å². The molecule has 0 amide bonds. The van der Waals surface area contributed by atoms with E-state index >= 15 is 0 Å². The molecule has 2 fully saturated rings. The Morgan fingerprint density at radius 3 is 2.04 bits per heavy atom. The van der Waals surface area contributed by atoms with E-state index in [0.717, 1.165) is 0 Å². The Morgan fingerprint density at radius 1 is 0.800 bits per heavy atom. The number of likely N-dealkylation sites (tertiary alicyclic amines) is 1. The zero-order valence-corrected chi connectivity index (χ0v) is 17.9. The summed E-state index contributed by atoms with van der Waals surface area (Å²) in [5, 5.41) is 0. The standard InChI is InChI=1S/C23H46N2/c1-5-10-22(11-6-2)12-14-23(15-13-22)16-20-25(21-23)19-9-18-24(8-4)17-7-3/h5-21H2,1-4H3. The molecule has 1 aliphatic carbocycles. The Morgan fingerprint density at radius 2 is 1.48 bits per heavy atom. The highest BCUT2D eigenvalue weighted by Gasteiger charge is 2.44. The van der Waals surface area contributed by atoms with Gasteiger partial charge in [-0.2, -0.15) is 0 Å². The number of rotatable bonds is 11. The molecule has 1 heterocycles. The van der Waals surface area contributed by atoms with E-state index in [1.165, 1.54) is 110 Å². The third-order valence-corrected chi connectivity index (χ3v) is 7.39. The van der Waals surface area contributed by atoms with E-state index < -0.39 is 0 Å². The molecule has 2 aliphatic rings. The van der Waals surface area contributed by atoms with Crippen LogP contribution in [0, 0.1) is 10.8 Å². The highest BCUT2D eigenvalue weighted by molar-refractivity contribution is 4.97. The highest BCUT2D eigenvalue weighted by Crippen LogP contribution is 2.53. The summed E-state index contributed by atoms with van der Waals surface area (Å²) in [6.07, 6.45) is 15.9. The number of nitrogens with zero attached hydrogens (tertiary/aromatic N) is 2. The second kappa shape index (κ2) is 10.3. The molecule has 0 bridgehead atoms. The second-order valence-corrected chi connectivity index (χ2v) is 9.31. The summed E-state index contributed by atoms with van der Waals surface area (Å²) >= 11 is 0. The van der Waals surface area contributed by atoms with Crippen LogP contribution < -0.4 is 0 Å². The molecule has 0 N–H and O–H groups in total. The van der Waals surface area contributed by atoms with Crippen LogP contribution in [0.4, 0.5) is 0 Å². The molecule has 1 saturated carbocycles. The number of hydrogen-bond acceptors (Lipinski definition) is 2. The molecule has 0 atom stereocenters. The first kappa shape index (κ1) is 21.2. The molecule has 2 heteroatoms. The van der Waals surface area contributed by atoms with Crippen molar-refractivity contribution < 1.29 is 0 Å². The zero-order chi connectivity index (χ0) is 18.2. The summed E-state index contributed by atoms with van der Waals surface area (Å²) in [6, 6.07) is 0. The Hall–Kier alpha value is -0.0800. The van der Waals surface area contributed by atoms with Crippen LogP contribution >= 0.6 is 0 Å². The predicted octanol–water partition coefficient (Wildman–Crippen LogP) is 5.96. The minimum Gasteiger partial charge on any atom is -0.304 e. The van der Waals surface area contributed by atoms with E-state index in [2.05, 4.69) is 37.5 Å². The first-order valence-electron chi connectivity index (χ1n) is 11.6. The van der Waals surface area contributed by atoms with Crippen LogP contribution in [-0.2, 0) is 0 Å². The van der Waals surface area contributed by atoms with Crippen molar-refractivity contribution in [3.8, 4) is 0 Å². The Bertz CT molecular complexity index is 349. The lowest BCUT2D eigenvalue weighted by Gasteiger charge is -2.45. The van der Waals surface area contributed by atoms with Crippen LogP contribution in [0.5, 0.6) is 0 Å². The smallest absolute Gasteiger partial charge is 0.00385 e. The molecule has 1 aliphatic heterocycles. The molecule has 0 aromatic rings. The SMILES string of the molecule is CCCN(CC)CCCN1CCC2(CCC(CCC)(CCC)CC2)C1. The maximum atomic E-state index is 2.80. The average Bonchev–Trinajstić information content (AvgIpc) is 3.01. The number of hydrogen-bond donors (Lipinski definition) is 0. The van der Waals surface area contributed by atoms with E-state index in [1.54, 1.807) is 0 Å². The van der Waals surface area contributed by atoms with Crippen LogP contribution in [-0.4, -0.2) is 49.1 Å². The summed E-state index contributed by atoms with van der Waals surface area (Å²) in [6.45, 7) is 17.3. The van der Waals surface area contributed by atoms with Crippen molar-refractivity contribution in [2.24, 2.45) is 10.8 Å². The van der Waals surface area contributed by atoms with Crippen LogP contribution in [0.25, 0.3) is 0 Å². The van der Waals surface area contributed by atoms with Gasteiger partial charge in [-0.15, -0.1) is 0 Å². The van der Waals surface area contributed by atoms with Gasteiger partial charge in [-0.25, -0.2) is 0 Å². The lowest BCUT2D eigenvalue weighted by molar-refractivity contribution is 0.0644. The van der Waals surface area contributed by atoms with Crippen LogP contribution in [0.15, 0.2) is 0 Å². The van der Waals surface area contributed by atoms with E-state index in [9.17, 15) is 0 Å². The van der Waals surface area contributed by atoms with E-state index in [0.29, 0.717) is 10.8 Å². The zero-order valence-electron chi connectivity index (χ0n) is 17.9. The van der Waals surface area contributed by atoms with E-state index in [-0.39, 0.29) is 0 Å². The molecule has 2 rings (SSSR count). The van der Waals surface area contributed by atoms with Gasteiger partial charge in [0.05, 0.1) is 0 Å². The molecule has 0 aromatic carbocycles. The van der Waals surface area contributed by atoms with Crippen LogP contribution in [0.1, 0.15) is 98.3 Å². The first-order valence-corrected chi connectivity index (χ1v) is 11.6. The van der Waals surface area contributed by atoms with Crippen molar-refractivity contribution in [1.29, 1.82) is 0 Å². The molecule has 2 nitrogen and oxygen atoms in total. The fraction of sp³-hybridized carbons (Fsp3) is 1.00. The minimum atomic E-state index is 0.693. The highest BCUT2D eigenvalue weighted by atomic mass is 15.2. The van der Waals surface area contributed by atoms with Crippen molar-refractivity contribution in [2.75, 3.05) is 39.3 Å².